The van der Waals surface area contributed by atoms with E-state index in [9.17, 15) is 14.0 Å². The summed E-state index contributed by atoms with van der Waals surface area (Å²) in [6, 6.07) is 20.1. The molecule has 0 saturated heterocycles. The summed E-state index contributed by atoms with van der Waals surface area (Å²) in [4.78, 5) is 26.6. The molecule has 2 amide bonds. The van der Waals surface area contributed by atoms with Crippen LogP contribution in [0.3, 0.4) is 0 Å². The van der Waals surface area contributed by atoms with E-state index >= 15 is 0 Å². The Balaban J connectivity index is 1.48. The quantitative estimate of drug-likeness (QED) is 0.553. The van der Waals surface area contributed by atoms with Gasteiger partial charge in [0.05, 0.1) is 19.1 Å². The second-order valence-corrected chi connectivity index (χ2v) is 7.60. The normalized spacial score (nSPS) is 12.0. The van der Waals surface area contributed by atoms with Gasteiger partial charge in [0, 0.05) is 6.54 Å². The van der Waals surface area contributed by atoms with Crippen molar-refractivity contribution in [3.63, 3.8) is 0 Å². The van der Waals surface area contributed by atoms with Gasteiger partial charge in [0.25, 0.3) is 0 Å². The van der Waals surface area contributed by atoms with Crippen molar-refractivity contribution in [1.82, 2.24) is 15.5 Å². The number of nitrogens with one attached hydrogen (secondary N) is 2. The number of nitrogens with zero attached hydrogens (tertiary/aromatic N) is 1. The van der Waals surface area contributed by atoms with Gasteiger partial charge in [0.1, 0.15) is 5.82 Å². The number of amides is 2. The number of likely N-dealkylation sites (N-methyl/N-ethyl adjacent to an activating group) is 1. The van der Waals surface area contributed by atoms with Gasteiger partial charge in [-0.2, -0.15) is 0 Å². The van der Waals surface area contributed by atoms with Crippen molar-refractivity contribution in [2.24, 2.45) is 0 Å². The van der Waals surface area contributed by atoms with Crippen molar-refractivity contribution in [1.29, 1.82) is 0 Å². The number of hydrogen-bond donors (Lipinski definition) is 2. The summed E-state index contributed by atoms with van der Waals surface area (Å²) in [7, 11) is 0. The minimum Gasteiger partial charge on any atom is -0.351 e. The maximum absolute atomic E-state index is 13.0. The SMILES string of the molecule is CCN(CC(=O)NCc1ccc(F)cc1)CC(=O)N[C@H](C)c1ccc2ccccc2c1. The molecule has 0 aliphatic carbocycles. The molecule has 1 atom stereocenters. The van der Waals surface area contributed by atoms with E-state index in [0.717, 1.165) is 21.9 Å². The van der Waals surface area contributed by atoms with Crippen LogP contribution in [0.15, 0.2) is 66.7 Å². The largest absolute Gasteiger partial charge is 0.351 e. The molecular formula is C25H28FN3O2. The van der Waals surface area contributed by atoms with Crippen LogP contribution in [0.2, 0.25) is 0 Å². The van der Waals surface area contributed by atoms with Crippen molar-refractivity contribution < 1.29 is 14.0 Å². The summed E-state index contributed by atoms with van der Waals surface area (Å²) in [6.45, 7) is 5.01. The first-order valence-corrected chi connectivity index (χ1v) is 10.5. The van der Waals surface area contributed by atoms with Gasteiger partial charge in [0.15, 0.2) is 0 Å². The van der Waals surface area contributed by atoms with Gasteiger partial charge in [-0.15, -0.1) is 0 Å². The molecule has 0 unspecified atom stereocenters. The molecule has 0 fully saturated rings. The van der Waals surface area contributed by atoms with E-state index in [-0.39, 0.29) is 36.8 Å². The van der Waals surface area contributed by atoms with Gasteiger partial charge in [-0.25, -0.2) is 4.39 Å². The Labute approximate surface area is 182 Å². The number of rotatable bonds is 9. The average Bonchev–Trinajstić information content (AvgIpc) is 2.77. The van der Waals surface area contributed by atoms with E-state index in [1.54, 1.807) is 17.0 Å². The molecule has 31 heavy (non-hydrogen) atoms. The summed E-state index contributed by atoms with van der Waals surface area (Å²) < 4.78 is 13.0. The average molecular weight is 422 g/mol. The third-order valence-corrected chi connectivity index (χ3v) is 5.24. The van der Waals surface area contributed by atoms with E-state index in [4.69, 9.17) is 0 Å². The topological polar surface area (TPSA) is 61.4 Å². The molecule has 0 heterocycles. The lowest BCUT2D eigenvalue weighted by Gasteiger charge is -2.21. The second kappa shape index (κ2) is 10.7. The summed E-state index contributed by atoms with van der Waals surface area (Å²) in [5.41, 5.74) is 1.85. The van der Waals surface area contributed by atoms with E-state index in [2.05, 4.69) is 34.9 Å². The molecule has 0 radical (unpaired) electrons. The Morgan fingerprint density at radius 1 is 0.935 bits per heavy atom. The Morgan fingerprint density at radius 3 is 2.32 bits per heavy atom. The van der Waals surface area contributed by atoms with Crippen LogP contribution < -0.4 is 10.6 Å². The second-order valence-electron chi connectivity index (χ2n) is 7.60. The van der Waals surface area contributed by atoms with Crippen molar-refractivity contribution in [2.45, 2.75) is 26.4 Å². The molecule has 0 saturated carbocycles. The van der Waals surface area contributed by atoms with Gasteiger partial charge >= 0.3 is 0 Å². The van der Waals surface area contributed by atoms with Crippen LogP contribution >= 0.6 is 0 Å². The number of hydrogen-bond acceptors (Lipinski definition) is 3. The van der Waals surface area contributed by atoms with E-state index in [1.165, 1.54) is 12.1 Å². The molecule has 2 N–H and O–H groups in total. The molecule has 0 aliphatic rings. The summed E-state index contributed by atoms with van der Waals surface area (Å²) in [5.74, 6) is -0.619. The fourth-order valence-electron chi connectivity index (χ4n) is 3.39. The number of fused-ring (bicyclic) bond motifs is 1. The van der Waals surface area contributed by atoms with Crippen LogP contribution in [-0.2, 0) is 16.1 Å². The molecule has 162 valence electrons. The van der Waals surface area contributed by atoms with Crippen molar-refractivity contribution in [3.8, 4) is 0 Å². The smallest absolute Gasteiger partial charge is 0.234 e. The molecule has 3 aromatic carbocycles. The minimum absolute atomic E-state index is 0.121. The molecular weight excluding hydrogens is 393 g/mol. The molecule has 6 heteroatoms. The summed E-state index contributed by atoms with van der Waals surface area (Å²) >= 11 is 0. The maximum Gasteiger partial charge on any atom is 0.234 e. The van der Waals surface area contributed by atoms with Crippen LogP contribution in [-0.4, -0.2) is 36.3 Å². The van der Waals surface area contributed by atoms with Crippen molar-refractivity contribution in [2.75, 3.05) is 19.6 Å². The maximum atomic E-state index is 13.0. The predicted octanol–water partition coefficient (Wildman–Crippen LogP) is 3.79. The van der Waals surface area contributed by atoms with Crippen LogP contribution in [0, 0.1) is 5.82 Å². The number of carbonyl (C=O) groups excluding carboxylic acids is 2. The van der Waals surface area contributed by atoms with Gasteiger partial charge in [-0.3, -0.25) is 14.5 Å². The molecule has 0 bridgehead atoms. The first-order chi connectivity index (χ1) is 14.9. The first kappa shape index (κ1) is 22.4. The molecule has 5 nitrogen and oxygen atoms in total. The zero-order valence-electron chi connectivity index (χ0n) is 17.9. The lowest BCUT2D eigenvalue weighted by Crippen LogP contribution is -2.43. The van der Waals surface area contributed by atoms with E-state index in [1.807, 2.05) is 32.0 Å². The van der Waals surface area contributed by atoms with Crippen molar-refractivity contribution >= 4 is 22.6 Å². The van der Waals surface area contributed by atoms with Gasteiger partial charge in [-0.05, 0) is 53.6 Å². The van der Waals surface area contributed by atoms with Gasteiger partial charge in [-0.1, -0.05) is 55.5 Å². The standard InChI is InChI=1S/C25H28FN3O2/c1-3-29(16-24(30)27-15-19-8-12-23(26)13-9-19)17-25(31)28-18(2)21-11-10-20-6-4-5-7-22(20)14-21/h4-14,18H,3,15-17H2,1-2H3,(H,27,30)(H,28,31)/t18-/m1/s1. The lowest BCUT2D eigenvalue weighted by atomic mass is 10.0. The van der Waals surface area contributed by atoms with Crippen LogP contribution in [0.1, 0.15) is 31.0 Å². The Kier molecular flexibility index (Phi) is 7.73. The molecule has 0 aromatic heterocycles. The minimum atomic E-state index is -0.309. The fourth-order valence-corrected chi connectivity index (χ4v) is 3.39. The third kappa shape index (κ3) is 6.62. The van der Waals surface area contributed by atoms with Gasteiger partial charge < -0.3 is 10.6 Å². The Hall–Kier alpha value is -3.25. The monoisotopic (exact) mass is 421 g/mol. The van der Waals surface area contributed by atoms with Crippen LogP contribution in [0.5, 0.6) is 0 Å². The zero-order valence-corrected chi connectivity index (χ0v) is 17.9. The highest BCUT2D eigenvalue weighted by atomic mass is 19.1. The highest BCUT2D eigenvalue weighted by molar-refractivity contribution is 5.84. The molecule has 3 aromatic rings. The molecule has 3 rings (SSSR count). The lowest BCUT2D eigenvalue weighted by molar-refractivity contribution is -0.125. The van der Waals surface area contributed by atoms with E-state index < -0.39 is 0 Å². The third-order valence-electron chi connectivity index (χ3n) is 5.24. The van der Waals surface area contributed by atoms with Crippen LogP contribution in [0.4, 0.5) is 4.39 Å². The number of carbonyl (C=O) groups is 2. The molecule has 0 spiro atoms. The highest BCUT2D eigenvalue weighted by Gasteiger charge is 2.15. The first-order valence-electron chi connectivity index (χ1n) is 10.5. The van der Waals surface area contributed by atoms with Gasteiger partial charge in [0.2, 0.25) is 11.8 Å². The number of benzene rings is 3. The Morgan fingerprint density at radius 2 is 1.61 bits per heavy atom. The fraction of sp³-hybridized carbons (Fsp3) is 0.280. The Bertz CT molecular complexity index is 1040. The summed E-state index contributed by atoms with van der Waals surface area (Å²) in [5, 5.41) is 8.11. The zero-order chi connectivity index (χ0) is 22.2. The molecule has 0 aliphatic heterocycles. The van der Waals surface area contributed by atoms with E-state index in [0.29, 0.717) is 13.1 Å². The van der Waals surface area contributed by atoms with Crippen molar-refractivity contribution in [3.05, 3.63) is 83.7 Å². The number of halogens is 1. The predicted molar refractivity (Wildman–Crippen MR) is 121 cm³/mol. The van der Waals surface area contributed by atoms with Crippen LogP contribution in [0.25, 0.3) is 10.8 Å². The summed E-state index contributed by atoms with van der Waals surface area (Å²) in [6.07, 6.45) is 0. The highest BCUT2D eigenvalue weighted by Crippen LogP contribution is 2.20.